The number of rotatable bonds is 8. The lowest BCUT2D eigenvalue weighted by molar-refractivity contribution is -0.181. The Labute approximate surface area is 143 Å². The second kappa shape index (κ2) is 8.67. The SMILES string of the molecule is O=C(CC(=O)C(CC(F)(F)F)CC(F)(F)F)C(CC(F)(F)F)CC(F)(F)F. The topological polar surface area (TPSA) is 34.1 Å². The molecule has 27 heavy (non-hydrogen) atoms. The maximum Gasteiger partial charge on any atom is 0.389 e. The van der Waals surface area contributed by atoms with Gasteiger partial charge in [0.25, 0.3) is 0 Å². The summed E-state index contributed by atoms with van der Waals surface area (Å²) in [5.41, 5.74) is 0. The summed E-state index contributed by atoms with van der Waals surface area (Å²) in [7, 11) is 0. The van der Waals surface area contributed by atoms with Crippen LogP contribution in [-0.2, 0) is 9.59 Å². The average Bonchev–Trinajstić information content (AvgIpc) is 2.29. The Morgan fingerprint density at radius 3 is 0.815 bits per heavy atom. The van der Waals surface area contributed by atoms with E-state index in [0.29, 0.717) is 0 Å². The molecular formula is C13H12F12O2. The first-order valence-electron chi connectivity index (χ1n) is 7.01. The third-order valence-corrected chi connectivity index (χ3v) is 3.17. The summed E-state index contributed by atoms with van der Waals surface area (Å²) >= 11 is 0. The Balaban J connectivity index is 5.36. The molecule has 0 radical (unpaired) electrons. The van der Waals surface area contributed by atoms with Gasteiger partial charge in [-0.3, -0.25) is 9.59 Å². The van der Waals surface area contributed by atoms with Crippen molar-refractivity contribution in [3.63, 3.8) is 0 Å². The van der Waals surface area contributed by atoms with Gasteiger partial charge < -0.3 is 0 Å². The van der Waals surface area contributed by atoms with Crippen molar-refractivity contribution in [1.29, 1.82) is 0 Å². The molecule has 0 spiro atoms. The molecule has 0 unspecified atom stereocenters. The molecule has 0 atom stereocenters. The first-order valence-corrected chi connectivity index (χ1v) is 7.01. The summed E-state index contributed by atoms with van der Waals surface area (Å²) in [6.45, 7) is 0. The maximum absolute atomic E-state index is 12.3. The average molecular weight is 428 g/mol. The van der Waals surface area contributed by atoms with Gasteiger partial charge >= 0.3 is 24.7 Å². The Kier molecular flexibility index (Phi) is 8.19. The zero-order valence-electron chi connectivity index (χ0n) is 13.0. The molecule has 0 aromatic rings. The van der Waals surface area contributed by atoms with Crippen molar-refractivity contribution >= 4 is 11.6 Å². The molecule has 14 heteroatoms. The van der Waals surface area contributed by atoms with E-state index < -0.39 is 80.2 Å². The van der Waals surface area contributed by atoms with Gasteiger partial charge in [-0.15, -0.1) is 0 Å². The molecule has 0 amide bonds. The Morgan fingerprint density at radius 2 is 0.667 bits per heavy atom. The van der Waals surface area contributed by atoms with E-state index in [1.807, 2.05) is 0 Å². The fourth-order valence-electron chi connectivity index (χ4n) is 2.18. The number of carbonyl (C=O) groups excluding carboxylic acids is 2. The Bertz CT molecular complexity index is 433. The molecular weight excluding hydrogens is 416 g/mol. The zero-order valence-corrected chi connectivity index (χ0v) is 13.0. The van der Waals surface area contributed by atoms with Gasteiger partial charge in [-0.1, -0.05) is 0 Å². The minimum atomic E-state index is -5.27. The van der Waals surface area contributed by atoms with E-state index in [0.717, 1.165) is 0 Å². The lowest BCUT2D eigenvalue weighted by Gasteiger charge is -2.22. The molecule has 0 bridgehead atoms. The van der Waals surface area contributed by atoms with Gasteiger partial charge in [-0.05, 0) is 0 Å². The quantitative estimate of drug-likeness (QED) is 0.375. The highest BCUT2D eigenvalue weighted by Gasteiger charge is 2.45. The lowest BCUT2D eigenvalue weighted by Crippen LogP contribution is -2.32. The normalized spacial score (nSPS) is 14.1. The molecule has 160 valence electrons. The van der Waals surface area contributed by atoms with Gasteiger partial charge in [0.05, 0.1) is 32.1 Å². The highest BCUT2D eigenvalue weighted by atomic mass is 19.4. The highest BCUT2D eigenvalue weighted by molar-refractivity contribution is 6.01. The summed E-state index contributed by atoms with van der Waals surface area (Å²) in [6, 6.07) is 0. The Morgan fingerprint density at radius 1 is 0.481 bits per heavy atom. The number of alkyl halides is 12. The van der Waals surface area contributed by atoms with Crippen LogP contribution in [0.5, 0.6) is 0 Å². The molecule has 0 rings (SSSR count). The van der Waals surface area contributed by atoms with Crippen molar-refractivity contribution in [2.45, 2.75) is 56.8 Å². The smallest absolute Gasteiger partial charge is 0.299 e. The van der Waals surface area contributed by atoms with E-state index in [4.69, 9.17) is 0 Å². The second-order valence-corrected chi connectivity index (χ2v) is 5.78. The molecule has 0 aliphatic carbocycles. The first-order chi connectivity index (χ1) is 11.7. The number of Topliss-reactive ketones (excluding diaryl/α,β-unsaturated/α-hetero) is 2. The van der Waals surface area contributed by atoms with Crippen LogP contribution in [0.2, 0.25) is 0 Å². The van der Waals surface area contributed by atoms with Crippen LogP contribution in [-0.4, -0.2) is 36.3 Å². The standard InChI is InChI=1S/C13H12F12O2/c14-10(15,16)2-6(3-11(17,18)19)8(26)1-9(27)7(4-12(20,21)22)5-13(23,24)25/h6-7H,1-5H2. The molecule has 0 saturated carbocycles. The third-order valence-electron chi connectivity index (χ3n) is 3.17. The maximum atomic E-state index is 12.3. The van der Waals surface area contributed by atoms with Gasteiger partial charge in [0.15, 0.2) is 0 Å². The van der Waals surface area contributed by atoms with Crippen molar-refractivity contribution in [3.05, 3.63) is 0 Å². The first kappa shape index (κ1) is 25.5. The van der Waals surface area contributed by atoms with Gasteiger partial charge in [0.2, 0.25) is 0 Å². The van der Waals surface area contributed by atoms with Gasteiger partial charge in [-0.2, -0.15) is 52.7 Å². The number of hydrogen-bond donors (Lipinski definition) is 0. The summed E-state index contributed by atoms with van der Waals surface area (Å²) in [5.74, 6) is -9.73. The molecule has 0 heterocycles. The molecule has 0 N–H and O–H groups in total. The van der Waals surface area contributed by atoms with E-state index in [-0.39, 0.29) is 0 Å². The van der Waals surface area contributed by atoms with Crippen LogP contribution in [0.15, 0.2) is 0 Å². The molecule has 0 aliphatic rings. The monoisotopic (exact) mass is 428 g/mol. The number of hydrogen-bond acceptors (Lipinski definition) is 2. The Hall–Kier alpha value is -1.50. The lowest BCUT2D eigenvalue weighted by atomic mass is 9.87. The summed E-state index contributed by atoms with van der Waals surface area (Å²) in [5, 5.41) is 0. The van der Waals surface area contributed by atoms with Gasteiger partial charge in [0.1, 0.15) is 11.6 Å². The van der Waals surface area contributed by atoms with Crippen molar-refractivity contribution in [2.75, 3.05) is 0 Å². The minimum Gasteiger partial charge on any atom is -0.299 e. The number of halogens is 12. The molecule has 2 nitrogen and oxygen atoms in total. The summed E-state index contributed by atoms with van der Waals surface area (Å²) in [6.07, 6.45) is -32.3. The van der Waals surface area contributed by atoms with Crippen LogP contribution < -0.4 is 0 Å². The second-order valence-electron chi connectivity index (χ2n) is 5.78. The predicted octanol–water partition coefficient (Wildman–Crippen LogP) is 5.56. The fourth-order valence-corrected chi connectivity index (χ4v) is 2.18. The minimum absolute atomic E-state index is 1.90. The van der Waals surface area contributed by atoms with Crippen molar-refractivity contribution in [1.82, 2.24) is 0 Å². The van der Waals surface area contributed by atoms with Crippen LogP contribution in [0.1, 0.15) is 32.1 Å². The fraction of sp³-hybridized carbons (Fsp3) is 0.846. The third kappa shape index (κ3) is 13.3. The molecule has 0 aromatic carbocycles. The molecule has 0 saturated heterocycles. The largest absolute Gasteiger partial charge is 0.389 e. The van der Waals surface area contributed by atoms with E-state index in [1.54, 1.807) is 0 Å². The summed E-state index contributed by atoms with van der Waals surface area (Å²) < 4.78 is 147. The van der Waals surface area contributed by atoms with E-state index >= 15 is 0 Å². The van der Waals surface area contributed by atoms with Gasteiger partial charge in [-0.25, -0.2) is 0 Å². The molecule has 0 aliphatic heterocycles. The van der Waals surface area contributed by atoms with Crippen LogP contribution in [0, 0.1) is 11.8 Å². The van der Waals surface area contributed by atoms with Crippen molar-refractivity contribution < 1.29 is 62.3 Å². The van der Waals surface area contributed by atoms with E-state index in [2.05, 4.69) is 0 Å². The van der Waals surface area contributed by atoms with Crippen LogP contribution in [0.3, 0.4) is 0 Å². The van der Waals surface area contributed by atoms with Crippen molar-refractivity contribution in [3.8, 4) is 0 Å². The molecule has 0 fully saturated rings. The molecule has 0 aromatic heterocycles. The van der Waals surface area contributed by atoms with E-state index in [1.165, 1.54) is 0 Å². The van der Waals surface area contributed by atoms with Crippen LogP contribution in [0.25, 0.3) is 0 Å². The van der Waals surface area contributed by atoms with Crippen LogP contribution in [0.4, 0.5) is 52.7 Å². The van der Waals surface area contributed by atoms with E-state index in [9.17, 15) is 62.3 Å². The van der Waals surface area contributed by atoms with Crippen molar-refractivity contribution in [2.24, 2.45) is 11.8 Å². The van der Waals surface area contributed by atoms with Gasteiger partial charge in [0, 0.05) is 11.8 Å². The van der Waals surface area contributed by atoms with Crippen LogP contribution >= 0.6 is 0 Å². The predicted molar refractivity (Wildman–Crippen MR) is 64.3 cm³/mol. The highest BCUT2D eigenvalue weighted by Crippen LogP contribution is 2.36. The number of ketones is 2. The number of carbonyl (C=O) groups is 2. The zero-order chi connectivity index (χ0) is 21.8. The summed E-state index contributed by atoms with van der Waals surface area (Å²) in [4.78, 5) is 23.1.